The summed E-state index contributed by atoms with van der Waals surface area (Å²) in [6.07, 6.45) is 0.846. The molecular formula is C9H15N5O. The summed E-state index contributed by atoms with van der Waals surface area (Å²) < 4.78 is 0. The van der Waals surface area contributed by atoms with Crippen LogP contribution in [0.25, 0.3) is 0 Å². The summed E-state index contributed by atoms with van der Waals surface area (Å²) in [5, 5.41) is 10.5. The number of nitrogens with zero attached hydrogens (tertiary/aromatic N) is 2. The average Bonchev–Trinajstić information content (AvgIpc) is 2.18. The van der Waals surface area contributed by atoms with Gasteiger partial charge in [0.1, 0.15) is 5.82 Å². The van der Waals surface area contributed by atoms with E-state index in [0.717, 1.165) is 13.0 Å². The maximum absolute atomic E-state index is 10.7. The number of amides is 1. The Morgan fingerprint density at radius 3 is 2.73 bits per heavy atom. The van der Waals surface area contributed by atoms with E-state index in [9.17, 15) is 4.79 Å². The van der Waals surface area contributed by atoms with E-state index in [0.29, 0.717) is 5.82 Å². The van der Waals surface area contributed by atoms with Gasteiger partial charge in [-0.05, 0) is 25.5 Å². The molecule has 1 aromatic heterocycles. The SMILES string of the molecule is CC(N)CCNc1ccc(C(N)=O)nn1. The lowest BCUT2D eigenvalue weighted by molar-refractivity contribution is 0.0994. The fraction of sp³-hybridized carbons (Fsp3) is 0.444. The molecule has 0 saturated carbocycles. The second kappa shape index (κ2) is 5.26. The molecule has 1 rings (SSSR count). The summed E-state index contributed by atoms with van der Waals surface area (Å²) in [5.74, 6) is 0.0327. The van der Waals surface area contributed by atoms with E-state index >= 15 is 0 Å². The van der Waals surface area contributed by atoms with E-state index in [4.69, 9.17) is 11.5 Å². The molecule has 0 radical (unpaired) electrons. The molecule has 0 saturated heterocycles. The Bertz CT molecular complexity index is 322. The Balaban J connectivity index is 2.46. The first-order valence-corrected chi connectivity index (χ1v) is 4.72. The molecule has 82 valence electrons. The predicted octanol–water partition coefficient (Wildman–Crippen LogP) is -0.275. The molecule has 1 amide bonds. The van der Waals surface area contributed by atoms with Gasteiger partial charge in [-0.25, -0.2) is 0 Å². The van der Waals surface area contributed by atoms with E-state index < -0.39 is 5.91 Å². The molecule has 0 aliphatic heterocycles. The second-order valence-corrected chi connectivity index (χ2v) is 3.36. The summed E-state index contributed by atoms with van der Waals surface area (Å²) >= 11 is 0. The number of hydrogen-bond acceptors (Lipinski definition) is 5. The van der Waals surface area contributed by atoms with Crippen LogP contribution in [-0.2, 0) is 0 Å². The number of aromatic nitrogens is 2. The number of nitrogens with one attached hydrogen (secondary N) is 1. The number of primary amides is 1. The van der Waals surface area contributed by atoms with Gasteiger partial charge >= 0.3 is 0 Å². The van der Waals surface area contributed by atoms with E-state index in [1.54, 1.807) is 6.07 Å². The average molecular weight is 209 g/mol. The standard InChI is InChI=1S/C9H15N5O/c1-6(10)4-5-12-8-3-2-7(9(11)15)13-14-8/h2-3,6H,4-5,10H2,1H3,(H2,11,15)(H,12,14). The molecule has 0 aromatic carbocycles. The lowest BCUT2D eigenvalue weighted by Crippen LogP contribution is -2.19. The summed E-state index contributed by atoms with van der Waals surface area (Å²) in [5.41, 5.74) is 10.8. The van der Waals surface area contributed by atoms with E-state index in [-0.39, 0.29) is 11.7 Å². The molecule has 1 aromatic rings. The lowest BCUT2D eigenvalue weighted by Gasteiger charge is -2.06. The summed E-state index contributed by atoms with van der Waals surface area (Å²) in [7, 11) is 0. The van der Waals surface area contributed by atoms with Gasteiger partial charge in [0.05, 0.1) is 0 Å². The summed E-state index contributed by atoms with van der Waals surface area (Å²) in [6, 6.07) is 3.34. The van der Waals surface area contributed by atoms with E-state index in [1.807, 2.05) is 6.92 Å². The van der Waals surface area contributed by atoms with Crippen molar-refractivity contribution in [2.75, 3.05) is 11.9 Å². The van der Waals surface area contributed by atoms with Crippen LogP contribution in [0.5, 0.6) is 0 Å². The van der Waals surface area contributed by atoms with Gasteiger partial charge in [-0.1, -0.05) is 0 Å². The van der Waals surface area contributed by atoms with Gasteiger partial charge in [-0.2, -0.15) is 0 Å². The fourth-order valence-electron chi connectivity index (χ4n) is 0.986. The molecular weight excluding hydrogens is 194 g/mol. The first-order chi connectivity index (χ1) is 7.09. The summed E-state index contributed by atoms with van der Waals surface area (Å²) in [6.45, 7) is 2.66. The van der Waals surface area contributed by atoms with Gasteiger partial charge in [0.15, 0.2) is 5.69 Å². The van der Waals surface area contributed by atoms with Crippen LogP contribution in [0.15, 0.2) is 12.1 Å². The smallest absolute Gasteiger partial charge is 0.269 e. The largest absolute Gasteiger partial charge is 0.369 e. The third-order valence-corrected chi connectivity index (χ3v) is 1.82. The van der Waals surface area contributed by atoms with Crippen molar-refractivity contribution in [2.24, 2.45) is 11.5 Å². The Morgan fingerprint density at radius 1 is 1.53 bits per heavy atom. The predicted molar refractivity (Wildman–Crippen MR) is 57.3 cm³/mol. The maximum atomic E-state index is 10.7. The Morgan fingerprint density at radius 2 is 2.27 bits per heavy atom. The van der Waals surface area contributed by atoms with Crippen molar-refractivity contribution in [1.82, 2.24) is 10.2 Å². The van der Waals surface area contributed by atoms with Gasteiger partial charge in [0.2, 0.25) is 0 Å². The van der Waals surface area contributed by atoms with Crippen molar-refractivity contribution in [1.29, 1.82) is 0 Å². The van der Waals surface area contributed by atoms with Crippen molar-refractivity contribution in [3.05, 3.63) is 17.8 Å². The van der Waals surface area contributed by atoms with Crippen LogP contribution in [0.2, 0.25) is 0 Å². The van der Waals surface area contributed by atoms with E-state index in [1.165, 1.54) is 6.07 Å². The van der Waals surface area contributed by atoms with Crippen molar-refractivity contribution in [3.63, 3.8) is 0 Å². The van der Waals surface area contributed by atoms with Gasteiger partial charge in [0, 0.05) is 12.6 Å². The lowest BCUT2D eigenvalue weighted by atomic mass is 10.2. The number of rotatable bonds is 5. The molecule has 1 heterocycles. The van der Waals surface area contributed by atoms with Crippen LogP contribution in [0.4, 0.5) is 5.82 Å². The molecule has 1 unspecified atom stereocenters. The van der Waals surface area contributed by atoms with Gasteiger partial charge in [0.25, 0.3) is 5.91 Å². The van der Waals surface area contributed by atoms with Crippen LogP contribution in [0, 0.1) is 0 Å². The normalized spacial score (nSPS) is 12.1. The molecule has 0 aliphatic carbocycles. The van der Waals surface area contributed by atoms with Crippen molar-refractivity contribution in [2.45, 2.75) is 19.4 Å². The first kappa shape index (κ1) is 11.4. The van der Waals surface area contributed by atoms with Crippen LogP contribution in [0.3, 0.4) is 0 Å². The van der Waals surface area contributed by atoms with Crippen LogP contribution in [-0.4, -0.2) is 28.7 Å². The molecule has 0 spiro atoms. The number of nitrogens with two attached hydrogens (primary N) is 2. The number of anilines is 1. The zero-order chi connectivity index (χ0) is 11.3. The third kappa shape index (κ3) is 3.90. The molecule has 0 aliphatic rings. The Kier molecular flexibility index (Phi) is 3.99. The topological polar surface area (TPSA) is 107 Å². The van der Waals surface area contributed by atoms with Crippen molar-refractivity contribution in [3.8, 4) is 0 Å². The Hall–Kier alpha value is -1.69. The second-order valence-electron chi connectivity index (χ2n) is 3.36. The van der Waals surface area contributed by atoms with E-state index in [2.05, 4.69) is 15.5 Å². The number of hydrogen-bond donors (Lipinski definition) is 3. The number of carbonyl (C=O) groups excluding carboxylic acids is 1. The fourth-order valence-corrected chi connectivity index (χ4v) is 0.986. The molecule has 1 atom stereocenters. The first-order valence-electron chi connectivity index (χ1n) is 4.72. The Labute approximate surface area is 88.1 Å². The molecule has 6 heteroatoms. The highest BCUT2D eigenvalue weighted by molar-refractivity contribution is 5.90. The minimum absolute atomic E-state index is 0.148. The number of carbonyl (C=O) groups is 1. The minimum atomic E-state index is -0.579. The zero-order valence-electron chi connectivity index (χ0n) is 8.60. The quantitative estimate of drug-likeness (QED) is 0.618. The van der Waals surface area contributed by atoms with Gasteiger partial charge in [-0.15, -0.1) is 10.2 Å². The molecule has 0 bridgehead atoms. The highest BCUT2D eigenvalue weighted by Crippen LogP contribution is 2.01. The van der Waals surface area contributed by atoms with Gasteiger partial charge < -0.3 is 16.8 Å². The van der Waals surface area contributed by atoms with Gasteiger partial charge in [-0.3, -0.25) is 4.79 Å². The highest BCUT2D eigenvalue weighted by atomic mass is 16.1. The van der Waals surface area contributed by atoms with Crippen LogP contribution in [0.1, 0.15) is 23.8 Å². The van der Waals surface area contributed by atoms with Crippen molar-refractivity contribution < 1.29 is 4.79 Å². The van der Waals surface area contributed by atoms with Crippen LogP contribution < -0.4 is 16.8 Å². The minimum Gasteiger partial charge on any atom is -0.369 e. The zero-order valence-corrected chi connectivity index (χ0v) is 8.60. The molecule has 6 nitrogen and oxygen atoms in total. The maximum Gasteiger partial charge on any atom is 0.269 e. The summed E-state index contributed by atoms with van der Waals surface area (Å²) in [4.78, 5) is 10.7. The molecule has 15 heavy (non-hydrogen) atoms. The molecule has 0 fully saturated rings. The molecule has 5 N–H and O–H groups in total. The highest BCUT2D eigenvalue weighted by Gasteiger charge is 2.02. The monoisotopic (exact) mass is 209 g/mol. The van der Waals surface area contributed by atoms with Crippen molar-refractivity contribution >= 4 is 11.7 Å². The van der Waals surface area contributed by atoms with Crippen LogP contribution >= 0.6 is 0 Å². The third-order valence-electron chi connectivity index (χ3n) is 1.82.